The average Bonchev–Trinajstić information content (AvgIpc) is 3.10. The summed E-state index contributed by atoms with van der Waals surface area (Å²) < 4.78 is 15.7. The highest BCUT2D eigenvalue weighted by Gasteiger charge is 2.34. The van der Waals surface area contributed by atoms with Crippen molar-refractivity contribution in [1.82, 2.24) is 14.9 Å². The first-order chi connectivity index (χ1) is 9.03. The van der Waals surface area contributed by atoms with Gasteiger partial charge in [-0.25, -0.2) is 9.37 Å². The van der Waals surface area contributed by atoms with Crippen molar-refractivity contribution in [2.24, 2.45) is 0 Å². The third-order valence-electron chi connectivity index (χ3n) is 3.74. The van der Waals surface area contributed by atoms with Crippen LogP contribution in [0.4, 0.5) is 4.39 Å². The van der Waals surface area contributed by atoms with Gasteiger partial charge in [-0.05, 0) is 51.4 Å². The maximum absolute atomic E-state index is 13.5. The fraction of sp³-hybridized carbons (Fsp3) is 0.533. The zero-order valence-electron chi connectivity index (χ0n) is 11.7. The zero-order chi connectivity index (χ0) is 13.6. The van der Waals surface area contributed by atoms with E-state index < -0.39 is 0 Å². The minimum Gasteiger partial charge on any atom is -0.323 e. The Hall–Kier alpha value is -1.42. The molecule has 0 unspecified atom stereocenters. The van der Waals surface area contributed by atoms with Gasteiger partial charge in [0.25, 0.3) is 0 Å². The van der Waals surface area contributed by atoms with Gasteiger partial charge >= 0.3 is 0 Å². The van der Waals surface area contributed by atoms with E-state index >= 15 is 0 Å². The second-order valence-corrected chi connectivity index (χ2v) is 5.82. The number of nitrogens with zero attached hydrogens (tertiary/aromatic N) is 2. The molecule has 1 aliphatic rings. The molecule has 0 aliphatic heterocycles. The molecule has 1 N–H and O–H groups in total. The fourth-order valence-corrected chi connectivity index (χ4v) is 2.73. The molecule has 1 aromatic carbocycles. The minimum atomic E-state index is -0.202. The van der Waals surface area contributed by atoms with E-state index in [1.54, 1.807) is 12.1 Å². The zero-order valence-corrected chi connectivity index (χ0v) is 11.7. The van der Waals surface area contributed by atoms with Crippen LogP contribution in [0.1, 0.15) is 45.5 Å². The lowest BCUT2D eigenvalue weighted by atomic mass is 10.0. The number of benzene rings is 1. The number of aromatic nitrogens is 2. The predicted molar refractivity (Wildman–Crippen MR) is 74.7 cm³/mol. The third-order valence-corrected chi connectivity index (χ3v) is 3.74. The highest BCUT2D eigenvalue weighted by molar-refractivity contribution is 5.76. The summed E-state index contributed by atoms with van der Waals surface area (Å²) in [6.07, 6.45) is 2.33. The first-order valence-electron chi connectivity index (χ1n) is 6.96. The minimum absolute atomic E-state index is 0.192. The summed E-state index contributed by atoms with van der Waals surface area (Å²) >= 11 is 0. The van der Waals surface area contributed by atoms with E-state index in [1.807, 2.05) is 0 Å². The normalized spacial score (nSPS) is 16.2. The largest absolute Gasteiger partial charge is 0.323 e. The molecule has 4 heteroatoms. The summed E-state index contributed by atoms with van der Waals surface area (Å²) in [5, 5.41) is 3.46. The highest BCUT2D eigenvalue weighted by atomic mass is 19.1. The number of rotatable bonds is 4. The molecule has 3 nitrogen and oxygen atoms in total. The predicted octanol–water partition coefficient (Wildman–Crippen LogP) is 3.35. The number of halogens is 1. The van der Waals surface area contributed by atoms with Crippen molar-refractivity contribution < 1.29 is 4.39 Å². The average molecular weight is 261 g/mol. The lowest BCUT2D eigenvalue weighted by molar-refractivity contribution is 0.376. The van der Waals surface area contributed by atoms with Crippen molar-refractivity contribution in [3.8, 4) is 0 Å². The van der Waals surface area contributed by atoms with Gasteiger partial charge in [0.2, 0.25) is 0 Å². The van der Waals surface area contributed by atoms with Crippen LogP contribution in [-0.4, -0.2) is 16.1 Å². The standard InChI is InChI=1S/C15H20FN3/c1-4-17-15(2,3)14-18-12-8-5-10(16)9-13(12)19(14)11-6-7-11/h5,8-9,11,17H,4,6-7H2,1-3H3. The van der Waals surface area contributed by atoms with E-state index in [0.717, 1.165) is 36.2 Å². The molecule has 1 aliphatic carbocycles. The van der Waals surface area contributed by atoms with Gasteiger partial charge in [0.1, 0.15) is 11.6 Å². The summed E-state index contributed by atoms with van der Waals surface area (Å²) in [5.74, 6) is 0.819. The molecule has 2 aromatic rings. The third kappa shape index (κ3) is 2.14. The Balaban J connectivity index is 2.21. The molecule has 1 fully saturated rings. The van der Waals surface area contributed by atoms with E-state index in [-0.39, 0.29) is 11.4 Å². The molecule has 0 amide bonds. The second-order valence-electron chi connectivity index (χ2n) is 5.82. The van der Waals surface area contributed by atoms with Gasteiger partial charge < -0.3 is 9.88 Å². The second kappa shape index (κ2) is 4.30. The van der Waals surface area contributed by atoms with Crippen LogP contribution in [-0.2, 0) is 5.54 Å². The molecule has 0 atom stereocenters. The van der Waals surface area contributed by atoms with Gasteiger partial charge in [-0.1, -0.05) is 6.92 Å². The Labute approximate surface area is 112 Å². The van der Waals surface area contributed by atoms with Crippen LogP contribution in [0.3, 0.4) is 0 Å². The van der Waals surface area contributed by atoms with Crippen LogP contribution >= 0.6 is 0 Å². The van der Waals surface area contributed by atoms with Crippen LogP contribution in [0.15, 0.2) is 18.2 Å². The Kier molecular flexibility index (Phi) is 2.86. The topological polar surface area (TPSA) is 29.9 Å². The molecule has 3 rings (SSSR count). The molecule has 1 heterocycles. The summed E-state index contributed by atoms with van der Waals surface area (Å²) in [5.41, 5.74) is 1.60. The van der Waals surface area contributed by atoms with Gasteiger partial charge in [-0.2, -0.15) is 0 Å². The van der Waals surface area contributed by atoms with E-state index in [4.69, 9.17) is 4.98 Å². The molecule has 0 spiro atoms. The maximum atomic E-state index is 13.5. The monoisotopic (exact) mass is 261 g/mol. The number of fused-ring (bicyclic) bond motifs is 1. The molecular formula is C15H20FN3. The van der Waals surface area contributed by atoms with Crippen LogP contribution in [0, 0.1) is 5.82 Å². The molecule has 1 aromatic heterocycles. The van der Waals surface area contributed by atoms with Gasteiger partial charge in [0.05, 0.1) is 16.6 Å². The number of imidazole rings is 1. The summed E-state index contributed by atoms with van der Waals surface area (Å²) in [7, 11) is 0. The quantitative estimate of drug-likeness (QED) is 0.914. The molecule has 0 saturated heterocycles. The van der Waals surface area contributed by atoms with E-state index in [2.05, 4.69) is 30.7 Å². The van der Waals surface area contributed by atoms with Crippen molar-refractivity contribution in [3.05, 3.63) is 29.8 Å². The lowest BCUT2D eigenvalue weighted by Gasteiger charge is -2.26. The van der Waals surface area contributed by atoms with Gasteiger partial charge in [0, 0.05) is 6.04 Å². The Morgan fingerprint density at radius 1 is 1.42 bits per heavy atom. The fourth-order valence-electron chi connectivity index (χ4n) is 2.73. The highest BCUT2D eigenvalue weighted by Crippen LogP contribution is 2.40. The van der Waals surface area contributed by atoms with Gasteiger partial charge in [-0.3, -0.25) is 0 Å². The number of hydrogen-bond donors (Lipinski definition) is 1. The molecule has 0 radical (unpaired) electrons. The van der Waals surface area contributed by atoms with Crippen LogP contribution in [0.5, 0.6) is 0 Å². The van der Waals surface area contributed by atoms with Crippen LogP contribution in [0.2, 0.25) is 0 Å². The molecular weight excluding hydrogens is 241 g/mol. The molecule has 102 valence electrons. The lowest BCUT2D eigenvalue weighted by Crippen LogP contribution is -2.38. The summed E-state index contributed by atoms with van der Waals surface area (Å²) in [4.78, 5) is 4.74. The number of nitrogens with one attached hydrogen (secondary N) is 1. The van der Waals surface area contributed by atoms with Gasteiger partial charge in [0.15, 0.2) is 0 Å². The Bertz CT molecular complexity index is 611. The van der Waals surface area contributed by atoms with Crippen molar-refractivity contribution in [1.29, 1.82) is 0 Å². The number of hydrogen-bond acceptors (Lipinski definition) is 2. The molecule has 0 bridgehead atoms. The Morgan fingerprint density at radius 3 is 2.79 bits per heavy atom. The molecule has 19 heavy (non-hydrogen) atoms. The van der Waals surface area contributed by atoms with Crippen LogP contribution in [0.25, 0.3) is 11.0 Å². The van der Waals surface area contributed by atoms with Crippen molar-refractivity contribution in [2.75, 3.05) is 6.54 Å². The first kappa shape index (κ1) is 12.6. The molecule has 1 saturated carbocycles. The Morgan fingerprint density at radius 2 is 2.16 bits per heavy atom. The van der Waals surface area contributed by atoms with E-state index in [9.17, 15) is 4.39 Å². The van der Waals surface area contributed by atoms with Gasteiger partial charge in [-0.15, -0.1) is 0 Å². The maximum Gasteiger partial charge on any atom is 0.129 e. The van der Waals surface area contributed by atoms with E-state index in [0.29, 0.717) is 6.04 Å². The smallest absolute Gasteiger partial charge is 0.129 e. The van der Waals surface area contributed by atoms with E-state index in [1.165, 1.54) is 6.07 Å². The van der Waals surface area contributed by atoms with Crippen molar-refractivity contribution in [2.45, 2.75) is 45.2 Å². The van der Waals surface area contributed by atoms with Crippen molar-refractivity contribution >= 4 is 11.0 Å². The summed E-state index contributed by atoms with van der Waals surface area (Å²) in [6.45, 7) is 7.24. The van der Waals surface area contributed by atoms with Crippen LogP contribution < -0.4 is 5.32 Å². The first-order valence-corrected chi connectivity index (χ1v) is 6.96. The SMILES string of the molecule is CCNC(C)(C)c1nc2ccc(F)cc2n1C1CC1. The summed E-state index contributed by atoms with van der Waals surface area (Å²) in [6, 6.07) is 5.34. The van der Waals surface area contributed by atoms with Crippen molar-refractivity contribution in [3.63, 3.8) is 0 Å².